The van der Waals surface area contributed by atoms with E-state index < -0.39 is 17.5 Å². The van der Waals surface area contributed by atoms with Crippen LogP contribution in [0.15, 0.2) is 42.0 Å². The summed E-state index contributed by atoms with van der Waals surface area (Å²) in [5.74, 6) is -0.147. The van der Waals surface area contributed by atoms with E-state index in [0.717, 1.165) is 63.4 Å². The molecule has 2 aliphatic carbocycles. The van der Waals surface area contributed by atoms with Crippen LogP contribution in [-0.4, -0.2) is 69.5 Å². The third-order valence-electron chi connectivity index (χ3n) is 11.5. The molecule has 8 rings (SSSR count). The zero-order valence-electron chi connectivity index (χ0n) is 30.8. The van der Waals surface area contributed by atoms with E-state index in [2.05, 4.69) is 67.2 Å². The molecule has 4 aliphatic rings. The van der Waals surface area contributed by atoms with Crippen molar-refractivity contribution >= 4 is 34.6 Å². The number of ether oxygens (including phenoxy) is 2. The van der Waals surface area contributed by atoms with Crippen LogP contribution in [0.3, 0.4) is 0 Å². The van der Waals surface area contributed by atoms with E-state index in [1.165, 1.54) is 17.0 Å². The topological polar surface area (TPSA) is 127 Å². The molecule has 2 aliphatic heterocycles. The largest absolute Gasteiger partial charge is 0.464 e. The Morgan fingerprint density at radius 2 is 2.06 bits per heavy atom. The van der Waals surface area contributed by atoms with Crippen LogP contribution in [0.2, 0.25) is 0 Å². The molecule has 0 unspecified atom stereocenters. The van der Waals surface area contributed by atoms with E-state index in [1.807, 2.05) is 24.6 Å². The maximum absolute atomic E-state index is 14.2. The molecule has 11 nitrogen and oxygen atoms in total. The van der Waals surface area contributed by atoms with Crippen molar-refractivity contribution in [2.75, 3.05) is 20.3 Å². The Hall–Kier alpha value is -4.13. The van der Waals surface area contributed by atoms with Crippen molar-refractivity contribution in [3.05, 3.63) is 64.0 Å². The number of hydrogen-bond donors (Lipinski definition) is 2. The van der Waals surface area contributed by atoms with Crippen LogP contribution >= 0.6 is 11.3 Å². The maximum atomic E-state index is 14.2. The molecule has 0 spiro atoms. The van der Waals surface area contributed by atoms with Gasteiger partial charge < -0.3 is 19.2 Å². The van der Waals surface area contributed by atoms with E-state index in [4.69, 9.17) is 19.4 Å². The summed E-state index contributed by atoms with van der Waals surface area (Å²) in [6.07, 6.45) is 7.07. The quantitative estimate of drug-likeness (QED) is 0.248. The minimum absolute atomic E-state index is 0.0813. The van der Waals surface area contributed by atoms with Crippen molar-refractivity contribution in [1.82, 2.24) is 30.1 Å². The summed E-state index contributed by atoms with van der Waals surface area (Å²) in [5, 5.41) is 7.41. The Labute approximate surface area is 308 Å². The summed E-state index contributed by atoms with van der Waals surface area (Å²) in [7, 11) is 1.70. The van der Waals surface area contributed by atoms with Crippen molar-refractivity contribution in [2.45, 2.75) is 84.9 Å². The third-order valence-corrected chi connectivity index (χ3v) is 12.4. The van der Waals surface area contributed by atoms with Crippen molar-refractivity contribution in [1.29, 1.82) is 0 Å². The first kappa shape index (κ1) is 34.9. The first-order valence-corrected chi connectivity index (χ1v) is 19.5. The lowest BCUT2D eigenvalue weighted by Crippen LogP contribution is -2.61. The number of hydrogen-bond acceptors (Lipinski definition) is 9. The van der Waals surface area contributed by atoms with Crippen molar-refractivity contribution in [2.24, 2.45) is 29.1 Å². The van der Waals surface area contributed by atoms with E-state index in [-0.39, 0.29) is 54.7 Å². The Kier molecular flexibility index (Phi) is 8.98. The van der Waals surface area contributed by atoms with Crippen LogP contribution in [0.4, 0.5) is 0 Å². The number of aromatic nitrogens is 3. The number of rotatable bonds is 6. The van der Waals surface area contributed by atoms with Gasteiger partial charge in [-0.1, -0.05) is 33.8 Å². The number of esters is 1. The van der Waals surface area contributed by atoms with E-state index in [1.54, 1.807) is 12.1 Å². The smallest absolute Gasteiger partial charge is 0.325 e. The number of amides is 2. The lowest BCUT2D eigenvalue weighted by molar-refractivity contribution is -0.156. The summed E-state index contributed by atoms with van der Waals surface area (Å²) < 4.78 is 14.2. The average Bonchev–Trinajstić information content (AvgIpc) is 4.01. The number of carbonyl (C=O) groups excluding carboxylic acids is 3. The number of cyclic esters (lactones) is 1. The normalized spacial score (nSPS) is 27.4. The number of nitrogens with zero attached hydrogens (tertiary/aromatic N) is 4. The van der Waals surface area contributed by atoms with Gasteiger partial charge in [0.05, 0.1) is 29.1 Å². The van der Waals surface area contributed by atoms with Gasteiger partial charge in [0.25, 0.3) is 5.91 Å². The summed E-state index contributed by atoms with van der Waals surface area (Å²) in [5.41, 5.74) is 11.0. The molecule has 7 atom stereocenters. The molecule has 0 radical (unpaired) electrons. The maximum Gasteiger partial charge on any atom is 0.325 e. The first-order valence-electron chi connectivity index (χ1n) is 18.6. The second kappa shape index (κ2) is 13.4. The molecular weight excluding hydrogens is 677 g/mol. The van der Waals surface area contributed by atoms with Gasteiger partial charge in [-0.2, -0.15) is 0 Å². The van der Waals surface area contributed by atoms with E-state index in [9.17, 15) is 14.4 Å². The highest BCUT2D eigenvalue weighted by atomic mass is 32.1. The SMILES string of the molecule is CCc1c(-c2cccnc2[C@H](C)OC)c2c3cc(ccn13)-c1csc(n1)C[C@H](NC(=O)[C@H]1C[C@@H]1C)C(=O)N1C[C@@H]3C[C@@H]3[C@H](N1)C(=O)OCC(C)(C)C2. The van der Waals surface area contributed by atoms with Gasteiger partial charge >= 0.3 is 5.97 Å². The van der Waals surface area contributed by atoms with Gasteiger partial charge in [0.2, 0.25) is 5.91 Å². The Bertz CT molecular complexity index is 2050. The number of aryl methyl sites for hydroxylation is 1. The van der Waals surface area contributed by atoms with Gasteiger partial charge in [-0.25, -0.2) is 10.4 Å². The lowest BCUT2D eigenvalue weighted by atomic mass is 9.83. The highest BCUT2D eigenvalue weighted by Gasteiger charge is 2.53. The number of hydrazine groups is 1. The molecule has 52 heavy (non-hydrogen) atoms. The lowest BCUT2D eigenvalue weighted by Gasteiger charge is -2.35. The van der Waals surface area contributed by atoms with Crippen LogP contribution < -0.4 is 10.7 Å². The second-order valence-corrected chi connectivity index (χ2v) is 17.0. The standard InChI is InChI=1S/C40H48N6O5S/c1-7-31-34(25-9-8-11-41-35(25)22(3)50-6)28-17-40(4,5)20-51-39(49)36-27-14-24(27)18-46(44-36)38(48)29(43-37(47)26-13-21(26)2)16-33-42-30(19-52-33)23-10-12-45(31)32(28)15-23/h8-12,15,19,21-22,24,26-27,29,36,44H,7,13-14,16-18,20H2,1-6H3,(H,43,47)/t21-,22-,24-,26-,27-,29-,36-/m0/s1. The van der Waals surface area contributed by atoms with Crippen LogP contribution in [0, 0.1) is 29.1 Å². The molecular formula is C40H48N6O5S. The molecule has 2 amide bonds. The summed E-state index contributed by atoms with van der Waals surface area (Å²) >= 11 is 1.49. The first-order chi connectivity index (χ1) is 25.0. The van der Waals surface area contributed by atoms with Gasteiger partial charge in [0, 0.05) is 77.1 Å². The fourth-order valence-electron chi connectivity index (χ4n) is 8.23. The minimum atomic E-state index is -0.811. The number of pyridine rings is 2. The van der Waals surface area contributed by atoms with Crippen molar-refractivity contribution in [3.8, 4) is 22.4 Å². The van der Waals surface area contributed by atoms with Gasteiger partial charge in [-0.05, 0) is 74.1 Å². The van der Waals surface area contributed by atoms with Crippen LogP contribution in [0.5, 0.6) is 0 Å². The van der Waals surface area contributed by atoms with Gasteiger partial charge in [0.15, 0.2) is 0 Å². The summed E-state index contributed by atoms with van der Waals surface area (Å²) in [6.45, 7) is 11.2. The molecule has 6 heterocycles. The molecule has 3 fully saturated rings. The Morgan fingerprint density at radius 1 is 1.25 bits per heavy atom. The predicted octanol–water partition coefficient (Wildman–Crippen LogP) is 5.55. The average molecular weight is 725 g/mol. The zero-order valence-corrected chi connectivity index (χ0v) is 31.6. The number of methoxy groups -OCH3 is 1. The van der Waals surface area contributed by atoms with Gasteiger partial charge in [-0.15, -0.1) is 11.3 Å². The molecule has 1 saturated heterocycles. The molecule has 2 saturated carbocycles. The summed E-state index contributed by atoms with van der Waals surface area (Å²) in [4.78, 5) is 51.0. The molecule has 274 valence electrons. The molecule has 6 bridgehead atoms. The Balaban J connectivity index is 1.25. The van der Waals surface area contributed by atoms with E-state index >= 15 is 0 Å². The number of nitrogens with one attached hydrogen (secondary N) is 2. The monoisotopic (exact) mass is 724 g/mol. The summed E-state index contributed by atoms with van der Waals surface area (Å²) in [6, 6.07) is 6.95. The predicted molar refractivity (Wildman–Crippen MR) is 198 cm³/mol. The van der Waals surface area contributed by atoms with Crippen molar-refractivity contribution in [3.63, 3.8) is 0 Å². The second-order valence-electron chi connectivity index (χ2n) is 16.0. The zero-order chi connectivity index (χ0) is 36.5. The third kappa shape index (κ3) is 6.43. The highest BCUT2D eigenvalue weighted by Crippen LogP contribution is 2.46. The van der Waals surface area contributed by atoms with Crippen molar-refractivity contribution < 1.29 is 23.9 Å². The van der Waals surface area contributed by atoms with Gasteiger partial charge in [0.1, 0.15) is 12.1 Å². The fourth-order valence-corrected chi connectivity index (χ4v) is 9.08. The number of thiazole rings is 1. The minimum Gasteiger partial charge on any atom is -0.464 e. The number of fused-ring (bicyclic) bond motifs is 8. The van der Waals surface area contributed by atoms with Crippen LogP contribution in [-0.2, 0) is 43.1 Å². The fraction of sp³-hybridized carbons (Fsp3) is 0.525. The number of carbonyl (C=O) groups is 3. The van der Waals surface area contributed by atoms with Gasteiger partial charge in [-0.3, -0.25) is 24.4 Å². The molecule has 0 aromatic carbocycles. The Morgan fingerprint density at radius 3 is 2.81 bits per heavy atom. The molecule has 4 aromatic heterocycles. The molecule has 2 N–H and O–H groups in total. The molecule has 12 heteroatoms. The van der Waals surface area contributed by atoms with Crippen LogP contribution in [0.25, 0.3) is 27.9 Å². The van der Waals surface area contributed by atoms with E-state index in [0.29, 0.717) is 18.9 Å². The molecule has 4 aromatic rings. The highest BCUT2D eigenvalue weighted by molar-refractivity contribution is 7.10. The van der Waals surface area contributed by atoms with Crippen LogP contribution in [0.1, 0.15) is 75.5 Å².